The Morgan fingerprint density at radius 3 is 2.60 bits per heavy atom. The van der Waals surface area contributed by atoms with Crippen molar-refractivity contribution in [2.24, 2.45) is 11.3 Å². The number of benzene rings is 1. The van der Waals surface area contributed by atoms with Gasteiger partial charge in [0.15, 0.2) is 0 Å². The molecule has 0 aromatic heterocycles. The van der Waals surface area contributed by atoms with Crippen LogP contribution < -0.4 is 5.32 Å². The van der Waals surface area contributed by atoms with Gasteiger partial charge < -0.3 is 10.4 Å². The number of β-amino-alcohol motifs (C(OH)–C–C–N with tert-alkyl or cyclic N) is 1. The molecule has 4 nitrogen and oxygen atoms in total. The maximum Gasteiger partial charge on any atom is 0.225 e. The van der Waals surface area contributed by atoms with Crippen LogP contribution in [0.25, 0.3) is 0 Å². The molecule has 0 bridgehead atoms. The average Bonchev–Trinajstić information content (AvgIpc) is 3.24. The molecule has 0 radical (unpaired) electrons. The number of carbonyl (C=O) groups excluding carboxylic acids is 1. The summed E-state index contributed by atoms with van der Waals surface area (Å²) in [6.45, 7) is 6.30. The van der Waals surface area contributed by atoms with Crippen LogP contribution in [0.2, 0.25) is 0 Å². The average molecular weight is 344 g/mol. The quantitative estimate of drug-likeness (QED) is 0.834. The van der Waals surface area contributed by atoms with E-state index < -0.39 is 0 Å². The maximum atomic E-state index is 12.8. The van der Waals surface area contributed by atoms with Gasteiger partial charge in [-0.3, -0.25) is 9.69 Å². The Balaban J connectivity index is 1.56. The third-order valence-corrected chi connectivity index (χ3v) is 6.19. The molecule has 4 heteroatoms. The van der Waals surface area contributed by atoms with E-state index in [4.69, 9.17) is 0 Å². The summed E-state index contributed by atoms with van der Waals surface area (Å²) < 4.78 is 0. The molecule has 2 N–H and O–H groups in total. The van der Waals surface area contributed by atoms with Gasteiger partial charge in [-0.2, -0.15) is 0 Å². The van der Waals surface area contributed by atoms with Crippen molar-refractivity contribution in [3.8, 4) is 0 Å². The van der Waals surface area contributed by atoms with E-state index in [1.807, 2.05) is 18.2 Å². The van der Waals surface area contributed by atoms with Crippen LogP contribution in [0.5, 0.6) is 0 Å². The Bertz CT molecular complexity index is 567. The third-order valence-electron chi connectivity index (χ3n) is 6.19. The zero-order valence-electron chi connectivity index (χ0n) is 15.6. The Labute approximate surface area is 151 Å². The fourth-order valence-corrected chi connectivity index (χ4v) is 4.45. The molecule has 1 aromatic carbocycles. The van der Waals surface area contributed by atoms with E-state index >= 15 is 0 Å². The van der Waals surface area contributed by atoms with Crippen molar-refractivity contribution in [1.82, 2.24) is 10.2 Å². The summed E-state index contributed by atoms with van der Waals surface area (Å²) in [6.07, 6.45) is 5.28. The fourth-order valence-electron chi connectivity index (χ4n) is 4.45. The zero-order chi connectivity index (χ0) is 17.9. The molecule has 0 spiro atoms. The lowest BCUT2D eigenvalue weighted by atomic mass is 9.77. The standard InChI is InChI=1S/C21H32N2O2/c1-21(2,17-10-6-7-11-17)20(25)22-13-18-12-19(24)15-23(18)14-16-8-4-3-5-9-16/h3-5,8-9,17-19,24H,6-7,10-15H2,1-2H3,(H,22,25). The second-order valence-corrected chi connectivity index (χ2v) is 8.37. The Kier molecular flexibility index (Phi) is 5.80. The van der Waals surface area contributed by atoms with Crippen molar-refractivity contribution in [3.05, 3.63) is 35.9 Å². The fraction of sp³-hybridized carbons (Fsp3) is 0.667. The van der Waals surface area contributed by atoms with Gasteiger partial charge in [0.05, 0.1) is 6.10 Å². The lowest BCUT2D eigenvalue weighted by molar-refractivity contribution is -0.132. The molecule has 1 saturated heterocycles. The van der Waals surface area contributed by atoms with E-state index in [9.17, 15) is 9.90 Å². The van der Waals surface area contributed by atoms with E-state index in [0.717, 1.165) is 13.0 Å². The molecule has 25 heavy (non-hydrogen) atoms. The number of amides is 1. The van der Waals surface area contributed by atoms with Gasteiger partial charge in [0.2, 0.25) is 5.91 Å². The van der Waals surface area contributed by atoms with E-state index in [-0.39, 0.29) is 23.5 Å². The second-order valence-electron chi connectivity index (χ2n) is 8.37. The van der Waals surface area contributed by atoms with Gasteiger partial charge >= 0.3 is 0 Å². The minimum Gasteiger partial charge on any atom is -0.392 e. The Morgan fingerprint density at radius 2 is 1.92 bits per heavy atom. The third kappa shape index (κ3) is 4.42. The van der Waals surface area contributed by atoms with Gasteiger partial charge in [-0.15, -0.1) is 0 Å². The predicted molar refractivity (Wildman–Crippen MR) is 100 cm³/mol. The van der Waals surface area contributed by atoms with Crippen molar-refractivity contribution in [1.29, 1.82) is 0 Å². The number of aliphatic hydroxyl groups excluding tert-OH is 1. The highest BCUT2D eigenvalue weighted by molar-refractivity contribution is 5.82. The summed E-state index contributed by atoms with van der Waals surface area (Å²) in [5.74, 6) is 0.669. The van der Waals surface area contributed by atoms with E-state index in [1.165, 1.54) is 31.2 Å². The first-order valence-electron chi connectivity index (χ1n) is 9.71. The Hall–Kier alpha value is -1.39. The molecule has 2 atom stereocenters. The molecule has 1 aromatic rings. The monoisotopic (exact) mass is 344 g/mol. The molecule has 2 unspecified atom stereocenters. The smallest absolute Gasteiger partial charge is 0.225 e. The molecule has 1 amide bonds. The van der Waals surface area contributed by atoms with Crippen LogP contribution in [-0.4, -0.2) is 41.1 Å². The molecule has 1 saturated carbocycles. The van der Waals surface area contributed by atoms with Crippen molar-refractivity contribution >= 4 is 5.91 Å². The maximum absolute atomic E-state index is 12.8. The molecular formula is C21H32N2O2. The first-order valence-corrected chi connectivity index (χ1v) is 9.71. The predicted octanol–water partition coefficient (Wildman–Crippen LogP) is 2.95. The number of hydrogen-bond acceptors (Lipinski definition) is 3. The molecule has 2 aliphatic rings. The summed E-state index contributed by atoms with van der Waals surface area (Å²) in [7, 11) is 0. The van der Waals surface area contributed by atoms with Gasteiger partial charge in [-0.25, -0.2) is 0 Å². The number of carbonyl (C=O) groups is 1. The van der Waals surface area contributed by atoms with Gasteiger partial charge in [0.25, 0.3) is 0 Å². The van der Waals surface area contributed by atoms with Gasteiger partial charge in [0.1, 0.15) is 0 Å². The van der Waals surface area contributed by atoms with E-state index in [1.54, 1.807) is 0 Å². The highest BCUT2D eigenvalue weighted by Crippen LogP contribution is 2.39. The van der Waals surface area contributed by atoms with Crippen LogP contribution in [0.3, 0.4) is 0 Å². The highest BCUT2D eigenvalue weighted by atomic mass is 16.3. The number of nitrogens with zero attached hydrogens (tertiary/aromatic N) is 1. The topological polar surface area (TPSA) is 52.6 Å². The summed E-state index contributed by atoms with van der Waals surface area (Å²) >= 11 is 0. The number of rotatable bonds is 6. The van der Waals surface area contributed by atoms with Crippen LogP contribution in [0, 0.1) is 11.3 Å². The lowest BCUT2D eigenvalue weighted by Gasteiger charge is -2.32. The second kappa shape index (κ2) is 7.88. The summed E-state index contributed by atoms with van der Waals surface area (Å²) in [6, 6.07) is 10.5. The number of likely N-dealkylation sites (tertiary alicyclic amines) is 1. The minimum absolute atomic E-state index is 0.167. The number of aliphatic hydroxyl groups is 1. The SMILES string of the molecule is CC(C)(C(=O)NCC1CC(O)CN1Cc1ccccc1)C1CCCC1. The summed E-state index contributed by atoms with van der Waals surface area (Å²) in [5, 5.41) is 13.3. The molecule has 138 valence electrons. The van der Waals surface area contributed by atoms with Crippen LogP contribution in [0.15, 0.2) is 30.3 Å². The normalized spacial score (nSPS) is 25.4. The van der Waals surface area contributed by atoms with Gasteiger partial charge in [-0.05, 0) is 30.7 Å². The van der Waals surface area contributed by atoms with E-state index in [0.29, 0.717) is 19.0 Å². The Morgan fingerprint density at radius 1 is 1.24 bits per heavy atom. The van der Waals surface area contributed by atoms with Gasteiger partial charge in [-0.1, -0.05) is 57.0 Å². The van der Waals surface area contributed by atoms with Crippen LogP contribution in [-0.2, 0) is 11.3 Å². The summed E-state index contributed by atoms with van der Waals surface area (Å²) in [4.78, 5) is 15.1. The van der Waals surface area contributed by atoms with Crippen LogP contribution in [0.4, 0.5) is 0 Å². The molecule has 3 rings (SSSR count). The molecule has 1 heterocycles. The minimum atomic E-state index is -0.298. The van der Waals surface area contributed by atoms with Crippen LogP contribution >= 0.6 is 0 Å². The summed E-state index contributed by atoms with van der Waals surface area (Å²) in [5.41, 5.74) is 0.956. The first-order chi connectivity index (χ1) is 12.0. The number of hydrogen-bond donors (Lipinski definition) is 2. The van der Waals surface area contributed by atoms with Crippen molar-refractivity contribution in [3.63, 3.8) is 0 Å². The van der Waals surface area contributed by atoms with E-state index in [2.05, 4.69) is 36.2 Å². The van der Waals surface area contributed by atoms with Crippen molar-refractivity contribution < 1.29 is 9.90 Å². The van der Waals surface area contributed by atoms with Crippen molar-refractivity contribution in [2.75, 3.05) is 13.1 Å². The molecule has 1 aliphatic heterocycles. The molecule has 2 fully saturated rings. The highest BCUT2D eigenvalue weighted by Gasteiger charge is 2.39. The zero-order valence-corrected chi connectivity index (χ0v) is 15.6. The van der Waals surface area contributed by atoms with Crippen LogP contribution in [0.1, 0.15) is 51.5 Å². The van der Waals surface area contributed by atoms with Crippen molar-refractivity contribution in [2.45, 2.75) is 64.6 Å². The molecular weight excluding hydrogens is 312 g/mol. The first kappa shape index (κ1) is 18.4. The lowest BCUT2D eigenvalue weighted by Crippen LogP contribution is -2.46. The number of nitrogens with one attached hydrogen (secondary N) is 1. The van der Waals surface area contributed by atoms with Gasteiger partial charge in [0, 0.05) is 31.1 Å². The molecule has 1 aliphatic carbocycles. The largest absolute Gasteiger partial charge is 0.392 e.